The highest BCUT2D eigenvalue weighted by molar-refractivity contribution is 6.31. The summed E-state index contributed by atoms with van der Waals surface area (Å²) in [6, 6.07) is 9.23. The van der Waals surface area contributed by atoms with E-state index in [9.17, 15) is 9.90 Å². The number of amides is 1. The number of anilines is 1. The molecule has 21 heavy (non-hydrogen) atoms. The van der Waals surface area contributed by atoms with Gasteiger partial charge in [0.15, 0.2) is 0 Å². The van der Waals surface area contributed by atoms with Crippen LogP contribution in [0, 0.1) is 0 Å². The van der Waals surface area contributed by atoms with Gasteiger partial charge in [-0.3, -0.25) is 4.79 Å². The third-order valence-electron chi connectivity index (χ3n) is 2.81. The van der Waals surface area contributed by atoms with Crippen molar-refractivity contribution in [1.82, 2.24) is 0 Å². The van der Waals surface area contributed by atoms with Gasteiger partial charge in [-0.2, -0.15) is 0 Å². The van der Waals surface area contributed by atoms with Crippen LogP contribution in [0.2, 0.25) is 5.02 Å². The minimum Gasteiger partial charge on any atom is -0.507 e. The topological polar surface area (TPSA) is 67.8 Å². The fourth-order valence-corrected chi connectivity index (χ4v) is 1.94. The zero-order valence-corrected chi connectivity index (χ0v) is 12.3. The number of methoxy groups -OCH3 is 2. The summed E-state index contributed by atoms with van der Waals surface area (Å²) >= 11 is 5.83. The lowest BCUT2D eigenvalue weighted by atomic mass is 10.2. The Hall–Kier alpha value is -2.40. The van der Waals surface area contributed by atoms with Crippen LogP contribution >= 0.6 is 11.6 Å². The van der Waals surface area contributed by atoms with E-state index < -0.39 is 5.91 Å². The van der Waals surface area contributed by atoms with Crippen molar-refractivity contribution in [2.75, 3.05) is 19.5 Å². The largest absolute Gasteiger partial charge is 0.507 e. The van der Waals surface area contributed by atoms with Gasteiger partial charge in [-0.05, 0) is 18.2 Å². The fraction of sp³-hybridized carbons (Fsp3) is 0.133. The maximum atomic E-state index is 12.2. The molecule has 0 bridgehead atoms. The second kappa shape index (κ2) is 6.37. The number of hydrogen-bond donors (Lipinski definition) is 2. The van der Waals surface area contributed by atoms with Gasteiger partial charge >= 0.3 is 0 Å². The number of aromatic hydroxyl groups is 1. The standard InChI is InChI=1S/C15H14ClNO4/c1-20-11-6-10(7-12(8-11)21-2)17-15(19)13-5-9(16)3-4-14(13)18/h3-8,18H,1-2H3,(H,17,19). The van der Waals surface area contributed by atoms with Crippen molar-refractivity contribution in [2.45, 2.75) is 0 Å². The number of phenols is 1. The first-order valence-corrected chi connectivity index (χ1v) is 6.44. The molecule has 2 N–H and O–H groups in total. The molecule has 0 heterocycles. The number of nitrogens with one attached hydrogen (secondary N) is 1. The molecule has 2 rings (SSSR count). The molecule has 6 heteroatoms. The van der Waals surface area contributed by atoms with Crippen molar-refractivity contribution in [3.05, 3.63) is 47.0 Å². The van der Waals surface area contributed by atoms with Crippen molar-refractivity contribution < 1.29 is 19.4 Å². The Morgan fingerprint density at radius 1 is 1.10 bits per heavy atom. The van der Waals surface area contributed by atoms with E-state index in [1.807, 2.05) is 0 Å². The van der Waals surface area contributed by atoms with Crippen LogP contribution in [0.25, 0.3) is 0 Å². The summed E-state index contributed by atoms with van der Waals surface area (Å²) in [5.41, 5.74) is 0.569. The van der Waals surface area contributed by atoms with Crippen molar-refractivity contribution in [3.63, 3.8) is 0 Å². The number of rotatable bonds is 4. The molecular formula is C15H14ClNO4. The summed E-state index contributed by atoms with van der Waals surface area (Å²) in [6.45, 7) is 0. The highest BCUT2D eigenvalue weighted by atomic mass is 35.5. The summed E-state index contributed by atoms with van der Waals surface area (Å²) in [7, 11) is 3.03. The third kappa shape index (κ3) is 3.58. The van der Waals surface area contributed by atoms with Gasteiger partial charge in [0, 0.05) is 28.9 Å². The van der Waals surface area contributed by atoms with E-state index in [4.69, 9.17) is 21.1 Å². The zero-order chi connectivity index (χ0) is 15.4. The number of halogens is 1. The van der Waals surface area contributed by atoms with Crippen molar-refractivity contribution in [1.29, 1.82) is 0 Å². The highest BCUT2D eigenvalue weighted by Crippen LogP contribution is 2.27. The van der Waals surface area contributed by atoms with Gasteiger partial charge in [-0.25, -0.2) is 0 Å². The minimum absolute atomic E-state index is 0.0873. The summed E-state index contributed by atoms with van der Waals surface area (Å²) in [5.74, 6) is 0.456. The van der Waals surface area contributed by atoms with Gasteiger partial charge in [0.25, 0.3) is 5.91 Å². The average molecular weight is 308 g/mol. The lowest BCUT2D eigenvalue weighted by molar-refractivity contribution is 0.102. The summed E-state index contributed by atoms with van der Waals surface area (Å²) < 4.78 is 10.3. The Kier molecular flexibility index (Phi) is 4.55. The maximum absolute atomic E-state index is 12.2. The third-order valence-corrected chi connectivity index (χ3v) is 3.05. The molecule has 0 aliphatic rings. The zero-order valence-electron chi connectivity index (χ0n) is 11.5. The summed E-state index contributed by atoms with van der Waals surface area (Å²) in [6.07, 6.45) is 0. The Balaban J connectivity index is 2.28. The first kappa shape index (κ1) is 15.0. The van der Waals surface area contributed by atoms with Crippen molar-refractivity contribution in [2.24, 2.45) is 0 Å². The Bertz CT molecular complexity index is 650. The minimum atomic E-state index is -0.481. The first-order valence-electron chi connectivity index (χ1n) is 6.06. The van der Waals surface area contributed by atoms with E-state index >= 15 is 0 Å². The van der Waals surface area contributed by atoms with Crippen LogP contribution in [-0.4, -0.2) is 25.2 Å². The van der Waals surface area contributed by atoms with E-state index in [0.29, 0.717) is 22.2 Å². The molecule has 110 valence electrons. The van der Waals surface area contributed by atoms with Crippen LogP contribution in [-0.2, 0) is 0 Å². The normalized spacial score (nSPS) is 10.0. The Labute approximate surface area is 127 Å². The van der Waals surface area contributed by atoms with Crippen LogP contribution < -0.4 is 14.8 Å². The number of benzene rings is 2. The molecular weight excluding hydrogens is 294 g/mol. The number of carbonyl (C=O) groups is 1. The van der Waals surface area contributed by atoms with Crippen molar-refractivity contribution in [3.8, 4) is 17.2 Å². The Morgan fingerprint density at radius 3 is 2.29 bits per heavy atom. The smallest absolute Gasteiger partial charge is 0.259 e. The molecule has 0 unspecified atom stereocenters. The average Bonchev–Trinajstić information content (AvgIpc) is 2.49. The van der Waals surface area contributed by atoms with E-state index in [-0.39, 0.29) is 11.3 Å². The van der Waals surface area contributed by atoms with Crippen LogP contribution in [0.4, 0.5) is 5.69 Å². The van der Waals surface area contributed by atoms with E-state index in [2.05, 4.69) is 5.32 Å². The predicted octanol–water partition coefficient (Wildman–Crippen LogP) is 3.32. The van der Waals surface area contributed by atoms with Crippen LogP contribution in [0.1, 0.15) is 10.4 Å². The van der Waals surface area contributed by atoms with E-state index in [1.165, 1.54) is 32.4 Å². The molecule has 0 aliphatic heterocycles. The molecule has 0 saturated heterocycles. The fourth-order valence-electron chi connectivity index (χ4n) is 1.77. The van der Waals surface area contributed by atoms with Gasteiger partial charge in [0.1, 0.15) is 17.2 Å². The van der Waals surface area contributed by atoms with Crippen LogP contribution in [0.3, 0.4) is 0 Å². The summed E-state index contributed by atoms with van der Waals surface area (Å²) in [4.78, 5) is 12.2. The highest BCUT2D eigenvalue weighted by Gasteiger charge is 2.13. The molecule has 2 aromatic rings. The van der Waals surface area contributed by atoms with Gasteiger partial charge in [0.05, 0.1) is 19.8 Å². The van der Waals surface area contributed by atoms with E-state index in [0.717, 1.165) is 0 Å². The SMILES string of the molecule is COc1cc(NC(=O)c2cc(Cl)ccc2O)cc(OC)c1. The van der Waals surface area contributed by atoms with E-state index in [1.54, 1.807) is 18.2 Å². The molecule has 0 saturated carbocycles. The molecule has 0 aromatic heterocycles. The molecule has 0 atom stereocenters. The summed E-state index contributed by atoms with van der Waals surface area (Å²) in [5, 5.41) is 12.7. The lowest BCUT2D eigenvalue weighted by Gasteiger charge is -2.10. The first-order chi connectivity index (χ1) is 10.0. The van der Waals surface area contributed by atoms with Crippen molar-refractivity contribution >= 4 is 23.2 Å². The number of hydrogen-bond acceptors (Lipinski definition) is 4. The monoisotopic (exact) mass is 307 g/mol. The molecule has 5 nitrogen and oxygen atoms in total. The molecule has 0 aliphatic carbocycles. The quantitative estimate of drug-likeness (QED) is 0.909. The number of phenolic OH excluding ortho intramolecular Hbond substituents is 1. The molecule has 2 aromatic carbocycles. The molecule has 0 radical (unpaired) electrons. The van der Waals surface area contributed by atoms with Gasteiger partial charge < -0.3 is 19.9 Å². The second-order valence-electron chi connectivity index (χ2n) is 4.22. The Morgan fingerprint density at radius 2 is 1.71 bits per heavy atom. The van der Waals surface area contributed by atoms with Gasteiger partial charge in [0.2, 0.25) is 0 Å². The molecule has 0 fully saturated rings. The molecule has 1 amide bonds. The maximum Gasteiger partial charge on any atom is 0.259 e. The number of carbonyl (C=O) groups excluding carboxylic acids is 1. The number of ether oxygens (including phenoxy) is 2. The van der Waals surface area contributed by atoms with Crippen LogP contribution in [0.15, 0.2) is 36.4 Å². The molecule has 0 spiro atoms. The predicted molar refractivity (Wildman–Crippen MR) is 80.6 cm³/mol. The van der Waals surface area contributed by atoms with Gasteiger partial charge in [-0.1, -0.05) is 11.6 Å². The van der Waals surface area contributed by atoms with Gasteiger partial charge in [-0.15, -0.1) is 0 Å². The lowest BCUT2D eigenvalue weighted by Crippen LogP contribution is -2.12. The van der Waals surface area contributed by atoms with Crippen LogP contribution in [0.5, 0.6) is 17.2 Å². The second-order valence-corrected chi connectivity index (χ2v) is 4.65.